The normalized spacial score (nSPS) is 20.1. The van der Waals surface area contributed by atoms with Crippen molar-refractivity contribution in [3.63, 3.8) is 0 Å². The third kappa shape index (κ3) is 68.2. The molecule has 0 saturated carbocycles. The van der Waals surface area contributed by atoms with Gasteiger partial charge in [-0.25, -0.2) is 0 Å². The zero-order valence-corrected chi connectivity index (χ0v) is 68.9. The summed E-state index contributed by atoms with van der Waals surface area (Å²) in [6, 6.07) is -1.00. The molecule has 8 radical (unpaired) electrons. The van der Waals surface area contributed by atoms with E-state index in [4.69, 9.17) is 107 Å². The van der Waals surface area contributed by atoms with Gasteiger partial charge in [0.25, 0.3) is 0 Å². The van der Waals surface area contributed by atoms with Crippen LogP contribution in [0.4, 0.5) is 0 Å². The van der Waals surface area contributed by atoms with Crippen molar-refractivity contribution in [2.75, 3.05) is 52.9 Å². The van der Waals surface area contributed by atoms with Crippen molar-refractivity contribution in [1.82, 2.24) is 5.32 Å². The van der Waals surface area contributed by atoms with Crippen LogP contribution in [0.2, 0.25) is 12.6 Å². The number of aliphatic hydroxyl groups is 1. The number of aliphatic hydroxyl groups excluding tert-OH is 1. The van der Waals surface area contributed by atoms with Gasteiger partial charge < -0.3 is 86.2 Å². The Morgan fingerprint density at radius 2 is 0.888 bits per heavy atom. The Hall–Kier alpha value is -0.950. The zero-order valence-electron chi connectivity index (χ0n) is 68.9. The standard InChI is InChI=1S/C12H25NO3.C12H26O2.C11H21BO4.C11H24O2.C10H19BO3.C10H21BO2.C9H19BO2/c1-6-12(14)13-11(7-15-9(2)3)8-16-10(4)5;1-6-7-12(14-11(4)5)8-9-13-10(2)3;1-6(2)14-5-8-9(13)10(11(12)16-8)15-7(3)4;1-6-7-11(13-10(4)5)8-12-9(2)3;1-6(2)13-8-5-12-10(11)9(8)14-7(3)4;1-8(2)12-7-10(5,6-11)13-9(3)4;1-7(2)11-6-9(5-10)12-8(3)4/h9-11H,6-8H2,1-5H3,(H,13,14);10-12H,6-9H2,1-5H3;6-11,13H,5H2,1-4H3;9-11H,6-8H2,1-5H3;6-10H,5H2,1-4H3;8-9H,6-7H2,1-5H3;7-9H,5-6H2,1-4H3/t;;8-,9?,10+,11-;;8?,9-,10+;;/m..1.0../s1. The number of amides is 1. The third-order valence-corrected chi connectivity index (χ3v) is 13.0. The summed E-state index contributed by atoms with van der Waals surface area (Å²) >= 11 is 0. The van der Waals surface area contributed by atoms with E-state index in [0.717, 1.165) is 38.9 Å². The summed E-state index contributed by atoms with van der Waals surface area (Å²) in [6.45, 7) is 68.8. The summed E-state index contributed by atoms with van der Waals surface area (Å²) in [4.78, 5) is 11.3. The fourth-order valence-corrected chi connectivity index (χ4v) is 8.81. The first-order valence-corrected chi connectivity index (χ1v) is 37.5. The minimum atomic E-state index is -0.726. The van der Waals surface area contributed by atoms with Crippen LogP contribution in [0.3, 0.4) is 0 Å². The molecule has 0 aliphatic carbocycles. The zero-order chi connectivity index (χ0) is 76.8. The first kappa shape index (κ1) is 106. The number of nitrogens with one attached hydrogen (secondary N) is 1. The lowest BCUT2D eigenvalue weighted by molar-refractivity contribution is -0.123. The Morgan fingerprint density at radius 1 is 0.480 bits per heavy atom. The van der Waals surface area contributed by atoms with Gasteiger partial charge in [-0.15, -0.1) is 0 Å². The molecule has 2 aliphatic heterocycles. The Labute approximate surface area is 609 Å². The molecule has 0 aromatic rings. The molecule has 6 unspecified atom stereocenters. The molecule has 0 aromatic heterocycles. The highest BCUT2D eigenvalue weighted by atomic mass is 16.6. The van der Waals surface area contributed by atoms with Gasteiger partial charge in [-0.05, 0) is 220 Å². The van der Waals surface area contributed by atoms with E-state index in [1.807, 2.05) is 152 Å². The first-order valence-electron chi connectivity index (χ1n) is 37.5. The van der Waals surface area contributed by atoms with Crippen molar-refractivity contribution in [2.24, 2.45) is 0 Å². The minimum Gasteiger partial charge on any atom is -0.388 e. The van der Waals surface area contributed by atoms with Gasteiger partial charge in [0.05, 0.1) is 177 Å². The van der Waals surface area contributed by atoms with E-state index in [1.54, 1.807) is 0 Å². The van der Waals surface area contributed by atoms with Gasteiger partial charge in [-0.2, -0.15) is 0 Å². The van der Waals surface area contributed by atoms with Crippen LogP contribution in [0.5, 0.6) is 0 Å². The van der Waals surface area contributed by atoms with Crippen LogP contribution in [0.1, 0.15) is 260 Å². The van der Waals surface area contributed by atoms with Crippen LogP contribution in [0.25, 0.3) is 0 Å². The molecule has 23 heteroatoms. The molecule has 2 rings (SSSR count). The Morgan fingerprint density at radius 3 is 1.28 bits per heavy atom. The summed E-state index contributed by atoms with van der Waals surface area (Å²) in [7, 11) is 22.7. The van der Waals surface area contributed by atoms with Crippen molar-refractivity contribution < 1.29 is 85.7 Å². The number of carbonyl (C=O) groups is 1. The average molecular weight is 1400 g/mol. The van der Waals surface area contributed by atoms with Gasteiger partial charge in [-0.3, -0.25) is 4.79 Å². The van der Waals surface area contributed by atoms with Crippen LogP contribution < -0.4 is 5.32 Å². The average Bonchev–Trinajstić information content (AvgIpc) is 1.70. The number of carbonyl (C=O) groups excluding carboxylic acids is 1. The second kappa shape index (κ2) is 64.4. The lowest BCUT2D eigenvalue weighted by Gasteiger charge is -2.31. The summed E-state index contributed by atoms with van der Waals surface area (Å²) in [5, 5.41) is 12.9. The third-order valence-electron chi connectivity index (χ3n) is 13.0. The minimum absolute atomic E-state index is 0.0130. The topological polar surface area (TPSA) is 197 Å². The summed E-state index contributed by atoms with van der Waals surface area (Å²) in [5.41, 5.74) is -0.349. The fourth-order valence-electron chi connectivity index (χ4n) is 8.81. The fraction of sp³-hybridized carbons (Fsp3) is 0.987. The Bertz CT molecular complexity index is 1710. The lowest BCUT2D eigenvalue weighted by Crippen LogP contribution is -2.42. The van der Waals surface area contributed by atoms with E-state index < -0.39 is 24.3 Å². The second-order valence-electron chi connectivity index (χ2n) is 29.1. The van der Waals surface area contributed by atoms with E-state index >= 15 is 0 Å². The molecule has 19 nitrogen and oxygen atoms in total. The van der Waals surface area contributed by atoms with Gasteiger partial charge in [-0.1, -0.05) is 46.3 Å². The quantitative estimate of drug-likeness (QED) is 0.0546. The molecule has 2 aliphatic rings. The van der Waals surface area contributed by atoms with E-state index in [-0.39, 0.29) is 109 Å². The van der Waals surface area contributed by atoms with E-state index in [9.17, 15) is 9.90 Å². The van der Waals surface area contributed by atoms with Crippen molar-refractivity contribution in [3.05, 3.63) is 0 Å². The monoisotopic (exact) mass is 1400 g/mol. The van der Waals surface area contributed by atoms with Crippen LogP contribution in [0, 0.1) is 0 Å². The van der Waals surface area contributed by atoms with Crippen molar-refractivity contribution in [3.8, 4) is 0 Å². The molecule has 0 aromatic carbocycles. The molecular formula is C75H155B4NO18. The van der Waals surface area contributed by atoms with E-state index in [1.165, 1.54) is 6.42 Å². The molecule has 2 saturated heterocycles. The van der Waals surface area contributed by atoms with Gasteiger partial charge in [0.1, 0.15) is 46.2 Å². The molecule has 0 bridgehead atoms. The van der Waals surface area contributed by atoms with Crippen LogP contribution in [0.15, 0.2) is 0 Å². The van der Waals surface area contributed by atoms with Crippen molar-refractivity contribution in [2.45, 2.75) is 431 Å². The molecule has 98 heavy (non-hydrogen) atoms. The highest BCUT2D eigenvalue weighted by Crippen LogP contribution is 2.25. The largest absolute Gasteiger partial charge is 0.388 e. The first-order chi connectivity index (χ1) is 45.4. The maximum Gasteiger partial charge on any atom is 0.220 e. The predicted octanol–water partition coefficient (Wildman–Crippen LogP) is 13.7. The molecular weight excluding hydrogens is 1250 g/mol. The summed E-state index contributed by atoms with van der Waals surface area (Å²) in [6.07, 6.45) is 8.87. The molecule has 2 heterocycles. The maximum atomic E-state index is 11.3. The SMILES string of the molecule is CCC(=O)NC(COC(C)C)COC(C)C.CCCC(CCOC(C)C)OC(C)C.CCCC(COC(C)C)OC(C)C.[B]CC(C)(COC(C)C)OC(C)C.[B]CC(COC(C)C)OC(C)C.[B][C@@H]1OCC(OC(C)C)[C@@H]1OC(C)C.[B][C@@H]1O[C@H](COC(C)C)C(O)[C@@H]1OC(C)C. The highest BCUT2D eigenvalue weighted by Gasteiger charge is 2.42. The van der Waals surface area contributed by atoms with Crippen LogP contribution >= 0.6 is 0 Å². The number of rotatable bonds is 44. The number of hydrogen-bond acceptors (Lipinski definition) is 18. The van der Waals surface area contributed by atoms with Crippen LogP contribution in [-0.2, 0) is 80.6 Å². The molecule has 580 valence electrons. The summed E-state index contributed by atoms with van der Waals surface area (Å²) in [5.74, 6) is 0.0321. The van der Waals surface area contributed by atoms with Gasteiger partial charge in [0.2, 0.25) is 5.91 Å². The van der Waals surface area contributed by atoms with Gasteiger partial charge in [0, 0.05) is 25.0 Å². The van der Waals surface area contributed by atoms with Crippen molar-refractivity contribution >= 4 is 37.3 Å². The lowest BCUT2D eigenvalue weighted by atomic mass is 9.88. The Balaban J connectivity index is -0.000000344. The maximum absolute atomic E-state index is 11.3. The van der Waals surface area contributed by atoms with E-state index in [0.29, 0.717) is 89.2 Å². The van der Waals surface area contributed by atoms with Gasteiger partial charge in [0.15, 0.2) is 0 Å². The second-order valence-corrected chi connectivity index (χ2v) is 29.1. The smallest absolute Gasteiger partial charge is 0.220 e. The number of ether oxygens (including phenoxy) is 16. The summed E-state index contributed by atoms with van der Waals surface area (Å²) < 4.78 is 88.6. The molecule has 1 amide bonds. The molecule has 11 atom stereocenters. The number of hydrogen-bond donors (Lipinski definition) is 2. The van der Waals surface area contributed by atoms with Crippen LogP contribution in [-0.4, -0.2) is 253 Å². The Kier molecular flexibility index (Phi) is 69.5. The molecule has 2 fully saturated rings. The molecule has 0 spiro atoms. The van der Waals surface area contributed by atoms with Crippen molar-refractivity contribution in [1.29, 1.82) is 0 Å². The van der Waals surface area contributed by atoms with E-state index in [2.05, 4.69) is 74.6 Å². The predicted molar refractivity (Wildman–Crippen MR) is 406 cm³/mol. The van der Waals surface area contributed by atoms with Gasteiger partial charge >= 0.3 is 0 Å². The molecule has 2 N–H and O–H groups in total. The highest BCUT2D eigenvalue weighted by molar-refractivity contribution is 6.12.